The standard InChI is InChI=1S/C20H33F3N4O/c1-24-9-10-26(2)13-17-19(18-14-28-12-11-27(18)25-17)16-5-3-15(4-6-16)7-8-20(21,22)23/h15-16,24H,3-14H2,1-2H3. The summed E-state index contributed by atoms with van der Waals surface area (Å²) in [4.78, 5) is 2.27. The minimum Gasteiger partial charge on any atom is -0.373 e. The smallest absolute Gasteiger partial charge is 0.373 e. The molecule has 5 nitrogen and oxygen atoms in total. The first-order chi connectivity index (χ1) is 13.4. The number of likely N-dealkylation sites (N-methyl/N-ethyl adjacent to an activating group) is 2. The number of hydrogen-bond acceptors (Lipinski definition) is 4. The van der Waals surface area contributed by atoms with Crippen LogP contribution in [0.5, 0.6) is 0 Å². The molecular weight excluding hydrogens is 369 g/mol. The fourth-order valence-electron chi connectivity index (χ4n) is 4.56. The average molecular weight is 403 g/mol. The van der Waals surface area contributed by atoms with Gasteiger partial charge >= 0.3 is 6.18 Å². The zero-order chi connectivity index (χ0) is 20.1. The van der Waals surface area contributed by atoms with Gasteiger partial charge in [0.1, 0.15) is 0 Å². The predicted molar refractivity (Wildman–Crippen MR) is 102 cm³/mol. The monoisotopic (exact) mass is 402 g/mol. The van der Waals surface area contributed by atoms with E-state index in [0.717, 1.165) is 57.6 Å². The van der Waals surface area contributed by atoms with E-state index in [1.54, 1.807) is 0 Å². The summed E-state index contributed by atoms with van der Waals surface area (Å²) in [6.07, 6.45) is -0.762. The Hall–Kier alpha value is -1.12. The zero-order valence-electron chi connectivity index (χ0n) is 17.0. The number of ether oxygens (including phenoxy) is 1. The Morgan fingerprint density at radius 3 is 2.68 bits per heavy atom. The summed E-state index contributed by atoms with van der Waals surface area (Å²) in [5, 5.41) is 8.06. The third-order valence-electron chi connectivity index (χ3n) is 6.12. The summed E-state index contributed by atoms with van der Waals surface area (Å²) >= 11 is 0. The number of halogens is 3. The van der Waals surface area contributed by atoms with Gasteiger partial charge in [-0.15, -0.1) is 0 Å². The lowest BCUT2D eigenvalue weighted by atomic mass is 9.76. The maximum atomic E-state index is 12.5. The highest BCUT2D eigenvalue weighted by molar-refractivity contribution is 5.31. The second kappa shape index (κ2) is 9.59. The van der Waals surface area contributed by atoms with Crippen molar-refractivity contribution in [2.24, 2.45) is 5.92 Å². The van der Waals surface area contributed by atoms with E-state index in [9.17, 15) is 13.2 Å². The number of hydrogen-bond donors (Lipinski definition) is 1. The SMILES string of the molecule is CNCCN(C)Cc1nn2c(c1C1CCC(CCC(F)(F)F)CC1)COCC2. The van der Waals surface area contributed by atoms with E-state index in [0.29, 0.717) is 19.1 Å². The van der Waals surface area contributed by atoms with Gasteiger partial charge in [0, 0.05) is 31.6 Å². The van der Waals surface area contributed by atoms with Crippen LogP contribution in [-0.2, 0) is 24.4 Å². The van der Waals surface area contributed by atoms with Crippen LogP contribution in [0.2, 0.25) is 0 Å². The quantitative estimate of drug-likeness (QED) is 0.720. The van der Waals surface area contributed by atoms with Crippen LogP contribution in [0.25, 0.3) is 0 Å². The molecule has 0 atom stereocenters. The Morgan fingerprint density at radius 1 is 1.25 bits per heavy atom. The van der Waals surface area contributed by atoms with Crippen LogP contribution >= 0.6 is 0 Å². The minimum absolute atomic E-state index is 0.197. The van der Waals surface area contributed by atoms with Crippen molar-refractivity contribution in [2.75, 3.05) is 33.8 Å². The van der Waals surface area contributed by atoms with Crippen LogP contribution in [0.1, 0.15) is 61.4 Å². The van der Waals surface area contributed by atoms with Crippen molar-refractivity contribution in [1.29, 1.82) is 0 Å². The summed E-state index contributed by atoms with van der Waals surface area (Å²) in [6, 6.07) is 0. The van der Waals surface area contributed by atoms with E-state index in [2.05, 4.69) is 21.9 Å². The van der Waals surface area contributed by atoms with Crippen molar-refractivity contribution >= 4 is 0 Å². The van der Waals surface area contributed by atoms with Crippen LogP contribution in [0.4, 0.5) is 13.2 Å². The van der Waals surface area contributed by atoms with Crippen LogP contribution in [0, 0.1) is 5.92 Å². The molecule has 1 aliphatic heterocycles. The van der Waals surface area contributed by atoms with Gasteiger partial charge in [-0.25, -0.2) is 0 Å². The molecule has 0 bridgehead atoms. The van der Waals surface area contributed by atoms with Gasteiger partial charge in [-0.1, -0.05) is 0 Å². The molecule has 1 N–H and O–H groups in total. The van der Waals surface area contributed by atoms with Crippen molar-refractivity contribution in [2.45, 2.75) is 70.3 Å². The Morgan fingerprint density at radius 2 is 2.00 bits per heavy atom. The molecule has 1 aliphatic carbocycles. The molecule has 0 aromatic carbocycles. The second-order valence-corrected chi connectivity index (χ2v) is 8.30. The van der Waals surface area contributed by atoms with Gasteiger partial charge in [0.05, 0.1) is 31.1 Å². The third-order valence-corrected chi connectivity index (χ3v) is 6.12. The van der Waals surface area contributed by atoms with Gasteiger partial charge < -0.3 is 10.1 Å². The lowest BCUT2D eigenvalue weighted by molar-refractivity contribution is -0.138. The Bertz CT molecular complexity index is 624. The van der Waals surface area contributed by atoms with E-state index in [4.69, 9.17) is 9.84 Å². The van der Waals surface area contributed by atoms with Gasteiger partial charge in [-0.05, 0) is 58.0 Å². The summed E-state index contributed by atoms with van der Waals surface area (Å²) in [6.45, 7) is 4.73. The van der Waals surface area contributed by atoms with Crippen LogP contribution in [0.3, 0.4) is 0 Å². The lowest BCUT2D eigenvalue weighted by Crippen LogP contribution is -2.27. The van der Waals surface area contributed by atoms with Crippen molar-refractivity contribution in [3.05, 3.63) is 17.0 Å². The van der Waals surface area contributed by atoms with Crippen LogP contribution in [0.15, 0.2) is 0 Å². The number of alkyl halides is 3. The van der Waals surface area contributed by atoms with Gasteiger partial charge in [0.15, 0.2) is 0 Å². The Balaban J connectivity index is 1.68. The minimum atomic E-state index is -4.04. The Kier molecular flexibility index (Phi) is 7.39. The molecule has 28 heavy (non-hydrogen) atoms. The first kappa shape index (κ1) is 21.6. The molecule has 0 saturated heterocycles. The second-order valence-electron chi connectivity index (χ2n) is 8.30. The Labute approximate surface area is 165 Å². The van der Waals surface area contributed by atoms with E-state index >= 15 is 0 Å². The van der Waals surface area contributed by atoms with Crippen LogP contribution < -0.4 is 5.32 Å². The fourth-order valence-corrected chi connectivity index (χ4v) is 4.56. The van der Waals surface area contributed by atoms with Gasteiger partial charge in [-0.2, -0.15) is 18.3 Å². The average Bonchev–Trinajstić information content (AvgIpc) is 3.02. The molecule has 2 heterocycles. The summed E-state index contributed by atoms with van der Waals surface area (Å²) in [5.41, 5.74) is 3.62. The molecule has 1 saturated carbocycles. The van der Waals surface area contributed by atoms with Crippen molar-refractivity contribution in [3.8, 4) is 0 Å². The molecule has 1 aromatic heterocycles. The maximum absolute atomic E-state index is 12.5. The molecule has 160 valence electrons. The molecule has 1 aromatic rings. The number of nitrogens with zero attached hydrogens (tertiary/aromatic N) is 3. The van der Waals surface area contributed by atoms with E-state index < -0.39 is 12.6 Å². The van der Waals surface area contributed by atoms with Crippen molar-refractivity contribution in [3.63, 3.8) is 0 Å². The number of fused-ring (bicyclic) bond motifs is 1. The normalized spacial score (nSPS) is 23.2. The summed E-state index contributed by atoms with van der Waals surface area (Å²) in [7, 11) is 4.05. The number of aromatic nitrogens is 2. The highest BCUT2D eigenvalue weighted by Gasteiger charge is 2.33. The number of rotatable bonds is 8. The van der Waals surface area contributed by atoms with Crippen LogP contribution in [-0.4, -0.2) is 54.6 Å². The molecule has 1 fully saturated rings. The summed E-state index contributed by atoms with van der Waals surface area (Å²) < 4.78 is 45.4. The molecule has 3 rings (SSSR count). The lowest BCUT2D eigenvalue weighted by Gasteiger charge is -2.30. The van der Waals surface area contributed by atoms with Gasteiger partial charge in [-0.3, -0.25) is 9.58 Å². The molecule has 2 aliphatic rings. The van der Waals surface area contributed by atoms with Crippen molar-refractivity contribution in [1.82, 2.24) is 20.0 Å². The number of nitrogens with one attached hydrogen (secondary N) is 1. The molecular formula is C20H33F3N4O. The topological polar surface area (TPSA) is 42.3 Å². The highest BCUT2D eigenvalue weighted by atomic mass is 19.4. The maximum Gasteiger partial charge on any atom is 0.389 e. The summed E-state index contributed by atoms with van der Waals surface area (Å²) in [5.74, 6) is 0.586. The highest BCUT2D eigenvalue weighted by Crippen LogP contribution is 2.41. The first-order valence-electron chi connectivity index (χ1n) is 10.4. The van der Waals surface area contributed by atoms with E-state index in [1.165, 1.54) is 11.3 Å². The third kappa shape index (κ3) is 5.70. The molecule has 0 spiro atoms. The first-order valence-corrected chi connectivity index (χ1v) is 10.4. The predicted octanol–water partition coefficient (Wildman–Crippen LogP) is 3.68. The zero-order valence-corrected chi connectivity index (χ0v) is 17.0. The fraction of sp³-hybridized carbons (Fsp3) is 0.850. The van der Waals surface area contributed by atoms with Crippen molar-refractivity contribution < 1.29 is 17.9 Å². The molecule has 0 radical (unpaired) electrons. The molecule has 0 amide bonds. The van der Waals surface area contributed by atoms with E-state index in [1.807, 2.05) is 7.05 Å². The van der Waals surface area contributed by atoms with E-state index in [-0.39, 0.29) is 12.3 Å². The van der Waals surface area contributed by atoms with Gasteiger partial charge in [0.25, 0.3) is 0 Å². The molecule has 0 unspecified atom stereocenters. The van der Waals surface area contributed by atoms with Gasteiger partial charge in [0.2, 0.25) is 0 Å². The largest absolute Gasteiger partial charge is 0.389 e. The molecule has 8 heteroatoms.